The highest BCUT2D eigenvalue weighted by atomic mass is 32.1. The highest BCUT2D eigenvalue weighted by Gasteiger charge is 2.03. The topological polar surface area (TPSA) is 59.6 Å². The number of carbonyl (C=O) groups excluding carboxylic acids is 1. The van der Waals surface area contributed by atoms with Gasteiger partial charge in [0, 0.05) is 17.3 Å². The van der Waals surface area contributed by atoms with Crippen LogP contribution >= 0.6 is 12.2 Å². The molecule has 0 aliphatic heterocycles. The lowest BCUT2D eigenvalue weighted by Crippen LogP contribution is -2.32. The Morgan fingerprint density at radius 1 is 1.19 bits per heavy atom. The second kappa shape index (κ2) is 10.0. The van der Waals surface area contributed by atoms with E-state index in [1.54, 1.807) is 31.4 Å². The predicted molar refractivity (Wildman–Crippen MR) is 109 cm³/mol. The molecule has 0 atom stereocenters. The molecular formula is C20H20N2O3S. The number of ether oxygens (including phenoxy) is 2. The number of amides is 1. The van der Waals surface area contributed by atoms with Crippen molar-refractivity contribution in [1.82, 2.24) is 5.32 Å². The molecule has 0 unspecified atom stereocenters. The Morgan fingerprint density at radius 3 is 2.62 bits per heavy atom. The minimum absolute atomic E-state index is 0.208. The molecule has 0 aliphatic rings. The van der Waals surface area contributed by atoms with E-state index in [9.17, 15) is 4.79 Å². The van der Waals surface area contributed by atoms with Crippen LogP contribution in [0.2, 0.25) is 0 Å². The molecule has 0 fully saturated rings. The molecule has 0 saturated carbocycles. The average Bonchev–Trinajstić information content (AvgIpc) is 2.66. The van der Waals surface area contributed by atoms with E-state index in [0.717, 1.165) is 17.0 Å². The van der Waals surface area contributed by atoms with Gasteiger partial charge in [0.05, 0.1) is 7.11 Å². The molecule has 2 N–H and O–H groups in total. The molecule has 0 aliphatic carbocycles. The number of hydrogen-bond donors (Lipinski definition) is 2. The van der Waals surface area contributed by atoms with Crippen LogP contribution in [0.4, 0.5) is 5.69 Å². The number of para-hydroxylation sites is 1. The van der Waals surface area contributed by atoms with Gasteiger partial charge < -0.3 is 14.8 Å². The fourth-order valence-electron chi connectivity index (χ4n) is 2.08. The summed E-state index contributed by atoms with van der Waals surface area (Å²) in [4.78, 5) is 12.0. The molecule has 1 amide bonds. The molecule has 2 aromatic carbocycles. The first-order valence-electron chi connectivity index (χ1n) is 7.89. The molecule has 6 heteroatoms. The first kappa shape index (κ1) is 19.2. The molecule has 0 aromatic heterocycles. The summed E-state index contributed by atoms with van der Waals surface area (Å²) in [5.74, 6) is 1.08. The number of benzene rings is 2. The van der Waals surface area contributed by atoms with Gasteiger partial charge in [-0.05, 0) is 48.6 Å². The fourth-order valence-corrected chi connectivity index (χ4v) is 2.29. The molecule has 26 heavy (non-hydrogen) atoms. The Bertz CT molecular complexity index is 801. The zero-order chi connectivity index (χ0) is 18.8. The molecule has 134 valence electrons. The van der Waals surface area contributed by atoms with Gasteiger partial charge in [-0.2, -0.15) is 0 Å². The van der Waals surface area contributed by atoms with Gasteiger partial charge in [-0.15, -0.1) is 0 Å². The Labute approximate surface area is 158 Å². The second-order valence-corrected chi connectivity index (χ2v) is 5.55. The van der Waals surface area contributed by atoms with Crippen LogP contribution in [0.5, 0.6) is 11.5 Å². The Balaban J connectivity index is 1.87. The smallest absolute Gasteiger partial charge is 0.250 e. The predicted octanol–water partition coefficient (Wildman–Crippen LogP) is 3.79. The number of nitrogens with one attached hydrogen (secondary N) is 2. The van der Waals surface area contributed by atoms with Crippen LogP contribution in [0.1, 0.15) is 5.56 Å². The molecule has 0 saturated heterocycles. The highest BCUT2D eigenvalue weighted by molar-refractivity contribution is 7.80. The average molecular weight is 368 g/mol. The number of rotatable bonds is 7. The summed E-state index contributed by atoms with van der Waals surface area (Å²) in [6, 6.07) is 14.6. The molecule has 0 spiro atoms. The van der Waals surface area contributed by atoms with Crippen molar-refractivity contribution >= 4 is 35.0 Å². The van der Waals surface area contributed by atoms with E-state index in [2.05, 4.69) is 17.2 Å². The minimum atomic E-state index is -0.334. The Kier molecular flexibility index (Phi) is 7.39. The maximum atomic E-state index is 12.0. The van der Waals surface area contributed by atoms with E-state index < -0.39 is 0 Å². The van der Waals surface area contributed by atoms with Crippen molar-refractivity contribution in [3.05, 3.63) is 72.8 Å². The zero-order valence-corrected chi connectivity index (χ0v) is 15.2. The molecule has 2 rings (SSSR count). The van der Waals surface area contributed by atoms with Crippen LogP contribution < -0.4 is 20.1 Å². The van der Waals surface area contributed by atoms with Crippen LogP contribution in [0.15, 0.2) is 67.3 Å². The third kappa shape index (κ3) is 6.07. The fraction of sp³-hybridized carbons (Fsp3) is 0.100. The van der Waals surface area contributed by atoms with Crippen molar-refractivity contribution in [2.75, 3.05) is 19.0 Å². The molecule has 2 aromatic rings. The van der Waals surface area contributed by atoms with Gasteiger partial charge in [0.15, 0.2) is 5.11 Å². The van der Waals surface area contributed by atoms with Gasteiger partial charge in [0.1, 0.15) is 18.1 Å². The molecule has 0 bridgehead atoms. The summed E-state index contributed by atoms with van der Waals surface area (Å²) in [5.41, 5.74) is 1.55. The monoisotopic (exact) mass is 368 g/mol. The summed E-state index contributed by atoms with van der Waals surface area (Å²) in [5, 5.41) is 5.74. The van der Waals surface area contributed by atoms with Crippen molar-refractivity contribution in [1.29, 1.82) is 0 Å². The summed E-state index contributed by atoms with van der Waals surface area (Å²) >= 11 is 5.15. The summed E-state index contributed by atoms with van der Waals surface area (Å²) in [6.07, 6.45) is 4.75. The highest BCUT2D eigenvalue weighted by Crippen LogP contribution is 2.18. The van der Waals surface area contributed by atoms with E-state index in [1.165, 1.54) is 6.08 Å². The van der Waals surface area contributed by atoms with Crippen molar-refractivity contribution in [2.24, 2.45) is 0 Å². The lowest BCUT2D eigenvalue weighted by molar-refractivity contribution is -0.115. The van der Waals surface area contributed by atoms with Crippen LogP contribution in [-0.4, -0.2) is 24.7 Å². The van der Waals surface area contributed by atoms with E-state index in [4.69, 9.17) is 21.7 Å². The summed E-state index contributed by atoms with van der Waals surface area (Å²) in [7, 11) is 1.58. The summed E-state index contributed by atoms with van der Waals surface area (Å²) in [6.45, 7) is 4.04. The first-order chi connectivity index (χ1) is 12.6. The third-order valence-electron chi connectivity index (χ3n) is 3.27. The van der Waals surface area contributed by atoms with E-state index >= 15 is 0 Å². The van der Waals surface area contributed by atoms with E-state index in [1.807, 2.05) is 36.4 Å². The number of carbonyl (C=O) groups is 1. The maximum Gasteiger partial charge on any atom is 0.250 e. The Hall–Kier alpha value is -3.12. The van der Waals surface area contributed by atoms with Gasteiger partial charge >= 0.3 is 0 Å². The first-order valence-corrected chi connectivity index (χ1v) is 8.30. The largest absolute Gasteiger partial charge is 0.496 e. The third-order valence-corrected chi connectivity index (χ3v) is 3.47. The van der Waals surface area contributed by atoms with Crippen LogP contribution in [0.3, 0.4) is 0 Å². The number of methoxy groups -OCH3 is 1. The normalized spacial score (nSPS) is 10.2. The lowest BCUT2D eigenvalue weighted by Gasteiger charge is -2.09. The number of hydrogen-bond acceptors (Lipinski definition) is 4. The van der Waals surface area contributed by atoms with Crippen molar-refractivity contribution in [3.8, 4) is 11.5 Å². The van der Waals surface area contributed by atoms with E-state index in [-0.39, 0.29) is 11.0 Å². The van der Waals surface area contributed by atoms with Crippen LogP contribution in [0.25, 0.3) is 6.08 Å². The van der Waals surface area contributed by atoms with Crippen molar-refractivity contribution in [3.63, 3.8) is 0 Å². The van der Waals surface area contributed by atoms with E-state index in [0.29, 0.717) is 12.4 Å². The van der Waals surface area contributed by atoms with Gasteiger partial charge in [-0.1, -0.05) is 30.9 Å². The SMILES string of the molecule is C=CCOc1ccc(NC(=S)NC(=O)C=Cc2ccccc2OC)cc1. The van der Waals surface area contributed by atoms with Gasteiger partial charge in [0.25, 0.3) is 0 Å². The van der Waals surface area contributed by atoms with Crippen molar-refractivity contribution < 1.29 is 14.3 Å². The van der Waals surface area contributed by atoms with Crippen molar-refractivity contribution in [2.45, 2.75) is 0 Å². The zero-order valence-electron chi connectivity index (χ0n) is 14.4. The molecule has 0 radical (unpaired) electrons. The maximum absolute atomic E-state index is 12.0. The lowest BCUT2D eigenvalue weighted by atomic mass is 10.2. The quantitative estimate of drug-likeness (QED) is 0.442. The van der Waals surface area contributed by atoms with Crippen LogP contribution in [-0.2, 0) is 4.79 Å². The summed E-state index contributed by atoms with van der Waals surface area (Å²) < 4.78 is 10.6. The molecule has 5 nitrogen and oxygen atoms in total. The second-order valence-electron chi connectivity index (χ2n) is 5.14. The Morgan fingerprint density at radius 2 is 1.92 bits per heavy atom. The van der Waals surface area contributed by atoms with Gasteiger partial charge in [-0.3, -0.25) is 10.1 Å². The number of thiocarbonyl (C=S) groups is 1. The van der Waals surface area contributed by atoms with Gasteiger partial charge in [-0.25, -0.2) is 0 Å². The number of anilines is 1. The van der Waals surface area contributed by atoms with Gasteiger partial charge in [0.2, 0.25) is 5.91 Å². The molecular weight excluding hydrogens is 348 g/mol. The standard InChI is InChI=1S/C20H20N2O3S/c1-3-14-25-17-11-9-16(10-12-17)21-20(26)22-19(23)13-8-15-6-4-5-7-18(15)24-2/h3-13H,1,14H2,2H3,(H2,21,22,23,26). The minimum Gasteiger partial charge on any atom is -0.496 e. The van der Waals surface area contributed by atoms with Crippen LogP contribution in [0, 0.1) is 0 Å². The molecule has 0 heterocycles.